The molecule has 0 saturated carbocycles. The van der Waals surface area contributed by atoms with Crippen molar-refractivity contribution in [3.63, 3.8) is 0 Å². The van der Waals surface area contributed by atoms with Crippen molar-refractivity contribution in [1.29, 1.82) is 0 Å². The predicted molar refractivity (Wildman–Crippen MR) is 88.5 cm³/mol. The highest BCUT2D eigenvalue weighted by Crippen LogP contribution is 2.25. The number of anilines is 1. The highest BCUT2D eigenvalue weighted by molar-refractivity contribution is 5.93. The number of nitrogens with zero attached hydrogens (tertiary/aromatic N) is 3. The van der Waals surface area contributed by atoms with E-state index in [2.05, 4.69) is 15.5 Å². The third-order valence-corrected chi connectivity index (χ3v) is 4.32. The number of nitrogens with one attached hydrogen (secondary N) is 1. The summed E-state index contributed by atoms with van der Waals surface area (Å²) in [4.78, 5) is 28.4. The topological polar surface area (TPSA) is 88.3 Å². The molecule has 144 valence electrons. The minimum Gasteiger partial charge on any atom is -0.335 e. The van der Waals surface area contributed by atoms with Gasteiger partial charge in [-0.25, -0.2) is 0 Å². The second-order valence-corrected chi connectivity index (χ2v) is 6.28. The summed E-state index contributed by atoms with van der Waals surface area (Å²) < 4.78 is 42.4. The van der Waals surface area contributed by atoms with Crippen LogP contribution >= 0.6 is 0 Å². The van der Waals surface area contributed by atoms with E-state index in [4.69, 9.17) is 4.52 Å². The number of aromatic nitrogens is 2. The van der Waals surface area contributed by atoms with Gasteiger partial charge in [-0.2, -0.15) is 18.2 Å². The third-order valence-electron chi connectivity index (χ3n) is 4.32. The molecule has 1 aromatic carbocycles. The highest BCUT2D eigenvalue weighted by atomic mass is 19.4. The lowest BCUT2D eigenvalue weighted by Crippen LogP contribution is -2.46. The first-order valence-corrected chi connectivity index (χ1v) is 8.32. The van der Waals surface area contributed by atoms with Crippen molar-refractivity contribution in [2.24, 2.45) is 5.92 Å². The second-order valence-electron chi connectivity index (χ2n) is 6.28. The van der Waals surface area contributed by atoms with E-state index in [9.17, 15) is 22.8 Å². The Balaban J connectivity index is 1.55. The molecule has 0 bridgehead atoms. The fourth-order valence-electron chi connectivity index (χ4n) is 2.88. The van der Waals surface area contributed by atoms with E-state index in [1.165, 1.54) is 0 Å². The van der Waals surface area contributed by atoms with Crippen molar-refractivity contribution in [1.82, 2.24) is 15.0 Å². The van der Waals surface area contributed by atoms with Crippen molar-refractivity contribution >= 4 is 17.5 Å². The van der Waals surface area contributed by atoms with Crippen LogP contribution < -0.4 is 5.32 Å². The maximum absolute atomic E-state index is 12.4. The Morgan fingerprint density at radius 1 is 1.19 bits per heavy atom. The molecule has 2 aromatic rings. The minimum atomic E-state index is -4.88. The van der Waals surface area contributed by atoms with Crippen LogP contribution in [0.15, 0.2) is 28.8 Å². The van der Waals surface area contributed by atoms with Gasteiger partial charge in [-0.1, -0.05) is 5.16 Å². The summed E-state index contributed by atoms with van der Waals surface area (Å²) in [5.41, 5.74) is 1.25. The number of likely N-dealkylation sites (tertiary alicyclic amines) is 1. The molecule has 1 aliphatic heterocycles. The average molecular weight is 382 g/mol. The number of hydrogen-bond donors (Lipinski definition) is 1. The lowest BCUT2D eigenvalue weighted by atomic mass is 9.95. The molecule has 0 unspecified atom stereocenters. The molecule has 0 radical (unpaired) electrons. The first-order valence-electron chi connectivity index (χ1n) is 8.32. The van der Waals surface area contributed by atoms with Gasteiger partial charge in [0.25, 0.3) is 5.89 Å². The zero-order valence-electron chi connectivity index (χ0n) is 14.4. The summed E-state index contributed by atoms with van der Waals surface area (Å²) in [6.45, 7) is 1.52. The molecular formula is C17H17F3N4O3. The number of alkyl halides is 3. The van der Waals surface area contributed by atoms with E-state index < -0.39 is 18.0 Å². The number of hydrogen-bond acceptors (Lipinski definition) is 5. The Morgan fingerprint density at radius 2 is 1.81 bits per heavy atom. The van der Waals surface area contributed by atoms with Gasteiger partial charge in [0.2, 0.25) is 5.91 Å². The van der Waals surface area contributed by atoms with Gasteiger partial charge in [0.05, 0.1) is 0 Å². The number of halogens is 3. The van der Waals surface area contributed by atoms with E-state index in [1.807, 2.05) is 0 Å². The third kappa shape index (κ3) is 4.44. The molecule has 0 aliphatic carbocycles. The molecule has 1 saturated heterocycles. The molecule has 1 aromatic heterocycles. The molecule has 0 spiro atoms. The largest absolute Gasteiger partial charge is 0.471 e. The number of carbonyl (C=O) groups excluding carboxylic acids is 2. The van der Waals surface area contributed by atoms with Gasteiger partial charge in [-0.15, -0.1) is 0 Å². The zero-order chi connectivity index (χ0) is 19.6. The van der Waals surface area contributed by atoms with Crippen LogP contribution in [0.5, 0.6) is 0 Å². The lowest BCUT2D eigenvalue weighted by molar-refractivity contribution is -0.186. The zero-order valence-corrected chi connectivity index (χ0v) is 14.4. The SMILES string of the molecule is Cc1noc(-c2ccc(NC(=O)C3CCN(C(=O)C(F)(F)F)CC3)cc2)n1. The van der Waals surface area contributed by atoms with E-state index >= 15 is 0 Å². The van der Waals surface area contributed by atoms with E-state index in [1.54, 1.807) is 31.2 Å². The fraction of sp³-hybridized carbons (Fsp3) is 0.412. The van der Waals surface area contributed by atoms with Gasteiger partial charge in [0.1, 0.15) is 0 Å². The first kappa shape index (κ1) is 18.9. The monoisotopic (exact) mass is 382 g/mol. The Labute approximate surface area is 152 Å². The van der Waals surface area contributed by atoms with E-state index in [0.717, 1.165) is 4.90 Å². The summed E-state index contributed by atoms with van der Waals surface area (Å²) >= 11 is 0. The number of aryl methyl sites for hydroxylation is 1. The van der Waals surface area contributed by atoms with Crippen LogP contribution in [0.25, 0.3) is 11.5 Å². The van der Waals surface area contributed by atoms with Gasteiger partial charge in [0.15, 0.2) is 5.82 Å². The maximum atomic E-state index is 12.4. The molecule has 10 heteroatoms. The molecule has 2 amide bonds. The summed E-state index contributed by atoms with van der Waals surface area (Å²) in [7, 11) is 0. The van der Waals surface area contributed by atoms with Gasteiger partial charge in [0, 0.05) is 30.3 Å². The fourth-order valence-corrected chi connectivity index (χ4v) is 2.88. The number of rotatable bonds is 3. The van der Waals surface area contributed by atoms with Gasteiger partial charge in [-0.05, 0) is 44.0 Å². The van der Waals surface area contributed by atoms with Crippen molar-refractivity contribution in [2.75, 3.05) is 18.4 Å². The van der Waals surface area contributed by atoms with Gasteiger partial charge >= 0.3 is 12.1 Å². The van der Waals surface area contributed by atoms with Crippen molar-refractivity contribution in [3.8, 4) is 11.5 Å². The molecule has 1 N–H and O–H groups in total. The number of benzene rings is 1. The van der Waals surface area contributed by atoms with Crippen LogP contribution in [0, 0.1) is 12.8 Å². The van der Waals surface area contributed by atoms with Gasteiger partial charge < -0.3 is 14.7 Å². The smallest absolute Gasteiger partial charge is 0.335 e. The summed E-state index contributed by atoms with van der Waals surface area (Å²) in [6.07, 6.45) is -4.51. The average Bonchev–Trinajstić information content (AvgIpc) is 3.07. The number of amides is 2. The van der Waals surface area contributed by atoms with Crippen molar-refractivity contribution in [3.05, 3.63) is 30.1 Å². The first-order chi connectivity index (χ1) is 12.7. The van der Waals surface area contributed by atoms with E-state index in [-0.39, 0.29) is 31.8 Å². The summed E-state index contributed by atoms with van der Waals surface area (Å²) in [5, 5.41) is 6.44. The number of carbonyl (C=O) groups is 2. The number of piperidine rings is 1. The molecule has 2 heterocycles. The predicted octanol–water partition coefficient (Wildman–Crippen LogP) is 2.78. The highest BCUT2D eigenvalue weighted by Gasteiger charge is 2.43. The van der Waals surface area contributed by atoms with Crippen LogP contribution in [0.2, 0.25) is 0 Å². The van der Waals surface area contributed by atoms with Crippen molar-refractivity contribution in [2.45, 2.75) is 25.9 Å². The van der Waals surface area contributed by atoms with Crippen molar-refractivity contribution < 1.29 is 27.3 Å². The van der Waals surface area contributed by atoms with Crippen LogP contribution in [0.1, 0.15) is 18.7 Å². The standard InChI is InChI=1S/C17H17F3N4O3/c1-10-21-15(27-23-10)12-2-4-13(5-3-12)22-14(25)11-6-8-24(9-7-11)16(26)17(18,19)20/h2-5,11H,6-9H2,1H3,(H,22,25). The molecule has 7 nitrogen and oxygen atoms in total. The Hall–Kier alpha value is -2.91. The van der Waals surface area contributed by atoms with Crippen LogP contribution in [0.3, 0.4) is 0 Å². The normalized spacial score (nSPS) is 15.6. The van der Waals surface area contributed by atoms with Gasteiger partial charge in [-0.3, -0.25) is 9.59 Å². The Bertz CT molecular complexity index is 825. The molecule has 0 atom stereocenters. The quantitative estimate of drug-likeness (QED) is 0.882. The van der Waals surface area contributed by atoms with Crippen LogP contribution in [0.4, 0.5) is 18.9 Å². The summed E-state index contributed by atoms with van der Waals surface area (Å²) in [6, 6.07) is 6.78. The Morgan fingerprint density at radius 3 is 2.33 bits per heavy atom. The van der Waals surface area contributed by atoms with Crippen LogP contribution in [-0.4, -0.2) is 46.1 Å². The molecule has 27 heavy (non-hydrogen) atoms. The summed E-state index contributed by atoms with van der Waals surface area (Å²) in [5.74, 6) is -1.70. The molecular weight excluding hydrogens is 365 g/mol. The minimum absolute atomic E-state index is 0.0914. The molecule has 1 fully saturated rings. The maximum Gasteiger partial charge on any atom is 0.471 e. The molecule has 1 aliphatic rings. The van der Waals surface area contributed by atoms with E-state index in [0.29, 0.717) is 23.0 Å². The van der Waals surface area contributed by atoms with Crippen LogP contribution in [-0.2, 0) is 9.59 Å². The second kappa shape index (κ2) is 7.37. The lowest BCUT2D eigenvalue weighted by Gasteiger charge is -2.31. The molecule has 3 rings (SSSR count). The Kier molecular flexibility index (Phi) is 5.15.